The number of hydrogen-bond donors (Lipinski definition) is 2. The smallest absolute Gasteiger partial charge is 0.215 e. The van der Waals surface area contributed by atoms with Gasteiger partial charge in [0.2, 0.25) is 10.0 Å². The summed E-state index contributed by atoms with van der Waals surface area (Å²) >= 11 is 0. The molecule has 1 aliphatic carbocycles. The van der Waals surface area contributed by atoms with Crippen molar-refractivity contribution in [2.45, 2.75) is 63.4 Å². The van der Waals surface area contributed by atoms with Crippen LogP contribution in [0.1, 0.15) is 40.0 Å². The zero-order valence-corrected chi connectivity index (χ0v) is 13.0. The van der Waals surface area contributed by atoms with Crippen LogP contribution in [0.25, 0.3) is 0 Å². The molecule has 0 aromatic heterocycles. The van der Waals surface area contributed by atoms with Crippen molar-refractivity contribution in [1.82, 2.24) is 14.9 Å². The number of sulfonamides is 1. The third kappa shape index (κ3) is 4.41. The lowest BCUT2D eigenvalue weighted by molar-refractivity contribution is 0.322. The predicted molar refractivity (Wildman–Crippen MR) is 77.7 cm³/mol. The molecule has 1 saturated heterocycles. The summed E-state index contributed by atoms with van der Waals surface area (Å²) in [5.74, 6) is 0. The molecule has 0 radical (unpaired) electrons. The monoisotopic (exact) mass is 289 g/mol. The summed E-state index contributed by atoms with van der Waals surface area (Å²) in [4.78, 5) is 2.42. The van der Waals surface area contributed by atoms with E-state index in [0.717, 1.165) is 25.6 Å². The molecule has 2 unspecified atom stereocenters. The number of hydrogen-bond acceptors (Lipinski definition) is 4. The van der Waals surface area contributed by atoms with Crippen LogP contribution in [0, 0.1) is 0 Å². The molecule has 2 aliphatic rings. The van der Waals surface area contributed by atoms with Crippen LogP contribution in [0.2, 0.25) is 0 Å². The SMILES string of the molecule is CC(C)NCC(C)S(=O)(=O)NC1CCN(C2CC2)C1. The van der Waals surface area contributed by atoms with Gasteiger partial charge in [-0.3, -0.25) is 4.90 Å². The van der Waals surface area contributed by atoms with Gasteiger partial charge in [-0.1, -0.05) is 13.8 Å². The van der Waals surface area contributed by atoms with Gasteiger partial charge in [0, 0.05) is 37.8 Å². The molecule has 2 atom stereocenters. The van der Waals surface area contributed by atoms with Gasteiger partial charge >= 0.3 is 0 Å². The summed E-state index contributed by atoms with van der Waals surface area (Å²) in [7, 11) is -3.21. The zero-order chi connectivity index (χ0) is 14.0. The quantitative estimate of drug-likeness (QED) is 0.718. The first-order valence-corrected chi connectivity index (χ1v) is 8.91. The first-order chi connectivity index (χ1) is 8.88. The maximum atomic E-state index is 12.2. The molecule has 1 aliphatic heterocycles. The van der Waals surface area contributed by atoms with Crippen LogP contribution in [0.15, 0.2) is 0 Å². The molecule has 1 heterocycles. The van der Waals surface area contributed by atoms with Crippen molar-refractivity contribution in [3.05, 3.63) is 0 Å². The average Bonchev–Trinajstić information content (AvgIpc) is 3.07. The van der Waals surface area contributed by atoms with E-state index in [1.54, 1.807) is 6.92 Å². The van der Waals surface area contributed by atoms with Gasteiger partial charge in [0.25, 0.3) is 0 Å². The van der Waals surface area contributed by atoms with Gasteiger partial charge in [0.15, 0.2) is 0 Å². The first-order valence-electron chi connectivity index (χ1n) is 7.37. The van der Waals surface area contributed by atoms with E-state index in [2.05, 4.69) is 14.9 Å². The number of nitrogens with zero attached hydrogens (tertiary/aromatic N) is 1. The van der Waals surface area contributed by atoms with Crippen LogP contribution >= 0.6 is 0 Å². The number of rotatable bonds is 7. The molecule has 2 N–H and O–H groups in total. The van der Waals surface area contributed by atoms with Crippen molar-refractivity contribution in [3.8, 4) is 0 Å². The Morgan fingerprint density at radius 1 is 1.21 bits per heavy atom. The highest BCUT2D eigenvalue weighted by molar-refractivity contribution is 7.90. The average molecular weight is 289 g/mol. The molecule has 6 heteroatoms. The molecule has 0 bridgehead atoms. The molecular formula is C13H27N3O2S. The maximum Gasteiger partial charge on any atom is 0.215 e. The third-order valence-corrected chi connectivity index (χ3v) is 5.85. The lowest BCUT2D eigenvalue weighted by Crippen LogP contribution is -2.45. The van der Waals surface area contributed by atoms with Gasteiger partial charge in [-0.15, -0.1) is 0 Å². The first kappa shape index (κ1) is 15.2. The molecule has 19 heavy (non-hydrogen) atoms. The molecule has 112 valence electrons. The number of nitrogens with one attached hydrogen (secondary N) is 2. The molecule has 5 nitrogen and oxygen atoms in total. The van der Waals surface area contributed by atoms with E-state index >= 15 is 0 Å². The largest absolute Gasteiger partial charge is 0.313 e. The fourth-order valence-corrected chi connectivity index (χ4v) is 3.72. The normalized spacial score (nSPS) is 27.1. The minimum Gasteiger partial charge on any atom is -0.313 e. The van der Waals surface area contributed by atoms with Gasteiger partial charge < -0.3 is 5.32 Å². The van der Waals surface area contributed by atoms with Crippen molar-refractivity contribution < 1.29 is 8.42 Å². The Labute approximate surface area is 117 Å². The molecule has 0 aromatic rings. The Kier molecular flexibility index (Phi) is 4.87. The van der Waals surface area contributed by atoms with E-state index in [-0.39, 0.29) is 11.3 Å². The van der Waals surface area contributed by atoms with Crippen molar-refractivity contribution in [2.24, 2.45) is 0 Å². The lowest BCUT2D eigenvalue weighted by atomic mass is 10.3. The van der Waals surface area contributed by atoms with Crippen LogP contribution in [-0.2, 0) is 10.0 Å². The standard InChI is InChI=1S/C13H27N3O2S/c1-10(2)14-8-11(3)19(17,18)15-12-6-7-16(9-12)13-4-5-13/h10-15H,4-9H2,1-3H3. The molecule has 0 amide bonds. The summed E-state index contributed by atoms with van der Waals surface area (Å²) in [5, 5.41) is 2.80. The van der Waals surface area contributed by atoms with E-state index in [4.69, 9.17) is 0 Å². The van der Waals surface area contributed by atoms with Gasteiger partial charge in [-0.25, -0.2) is 13.1 Å². The summed E-state index contributed by atoms with van der Waals surface area (Å²) in [5.41, 5.74) is 0. The molecule has 2 fully saturated rings. The summed E-state index contributed by atoms with van der Waals surface area (Å²) in [6, 6.07) is 1.15. The summed E-state index contributed by atoms with van der Waals surface area (Å²) < 4.78 is 27.3. The van der Waals surface area contributed by atoms with E-state index in [1.165, 1.54) is 12.8 Å². The second kappa shape index (κ2) is 6.08. The third-order valence-electron chi connectivity index (χ3n) is 3.96. The topological polar surface area (TPSA) is 61.4 Å². The highest BCUT2D eigenvalue weighted by atomic mass is 32.2. The second-order valence-corrected chi connectivity index (χ2v) is 8.38. The lowest BCUT2D eigenvalue weighted by Gasteiger charge is -2.20. The molecule has 0 spiro atoms. The van der Waals surface area contributed by atoms with Crippen molar-refractivity contribution in [1.29, 1.82) is 0 Å². The van der Waals surface area contributed by atoms with E-state index < -0.39 is 10.0 Å². The van der Waals surface area contributed by atoms with Gasteiger partial charge in [0.05, 0.1) is 5.25 Å². The molecule has 1 saturated carbocycles. The van der Waals surface area contributed by atoms with Crippen LogP contribution in [0.3, 0.4) is 0 Å². The maximum absolute atomic E-state index is 12.2. The zero-order valence-electron chi connectivity index (χ0n) is 12.2. The van der Waals surface area contributed by atoms with Gasteiger partial charge in [-0.05, 0) is 26.2 Å². The fourth-order valence-electron chi connectivity index (χ4n) is 2.51. The fraction of sp³-hybridized carbons (Fsp3) is 1.00. The van der Waals surface area contributed by atoms with E-state index in [1.807, 2.05) is 13.8 Å². The van der Waals surface area contributed by atoms with Gasteiger partial charge in [-0.2, -0.15) is 0 Å². The predicted octanol–water partition coefficient (Wildman–Crippen LogP) is 0.529. The molecule has 2 rings (SSSR count). The Balaban J connectivity index is 1.79. The minimum absolute atomic E-state index is 0.104. The van der Waals surface area contributed by atoms with E-state index in [0.29, 0.717) is 12.6 Å². The van der Waals surface area contributed by atoms with Gasteiger partial charge in [0.1, 0.15) is 0 Å². The van der Waals surface area contributed by atoms with Crippen molar-refractivity contribution in [3.63, 3.8) is 0 Å². The second-order valence-electron chi connectivity index (χ2n) is 6.25. The Morgan fingerprint density at radius 2 is 1.89 bits per heavy atom. The van der Waals surface area contributed by atoms with Crippen LogP contribution < -0.4 is 10.0 Å². The molecular weight excluding hydrogens is 262 g/mol. The highest BCUT2D eigenvalue weighted by Gasteiger charge is 2.36. The Hall–Kier alpha value is -0.170. The number of likely N-dealkylation sites (tertiary alicyclic amines) is 1. The van der Waals surface area contributed by atoms with Crippen LogP contribution in [0.5, 0.6) is 0 Å². The van der Waals surface area contributed by atoms with Crippen molar-refractivity contribution >= 4 is 10.0 Å². The Bertz CT molecular complexity index is 393. The minimum atomic E-state index is -3.21. The van der Waals surface area contributed by atoms with Crippen LogP contribution in [0.4, 0.5) is 0 Å². The summed E-state index contributed by atoms with van der Waals surface area (Å²) in [6.07, 6.45) is 3.52. The Morgan fingerprint density at radius 3 is 2.47 bits per heavy atom. The molecule has 0 aromatic carbocycles. The van der Waals surface area contributed by atoms with Crippen molar-refractivity contribution in [2.75, 3.05) is 19.6 Å². The van der Waals surface area contributed by atoms with E-state index in [9.17, 15) is 8.42 Å². The van der Waals surface area contributed by atoms with Crippen LogP contribution in [-0.4, -0.2) is 56.3 Å². The highest BCUT2D eigenvalue weighted by Crippen LogP contribution is 2.29. The summed E-state index contributed by atoms with van der Waals surface area (Å²) in [6.45, 7) is 8.25.